The topological polar surface area (TPSA) is 40.5 Å². The second kappa shape index (κ2) is 6.96. The molecule has 1 rings (SSSR count). The Bertz CT molecular complexity index is 463. The van der Waals surface area contributed by atoms with E-state index in [1.807, 2.05) is 30.3 Å². The Hall–Kier alpha value is -1.79. The molecular weight excluding hydrogens is 238 g/mol. The van der Waals surface area contributed by atoms with Gasteiger partial charge in [0.2, 0.25) is 5.91 Å². The van der Waals surface area contributed by atoms with E-state index in [0.717, 1.165) is 12.0 Å². The lowest BCUT2D eigenvalue weighted by Gasteiger charge is -2.14. The van der Waals surface area contributed by atoms with Gasteiger partial charge in [0, 0.05) is 13.5 Å². The Morgan fingerprint density at radius 3 is 2.53 bits per heavy atom. The second-order valence-corrected chi connectivity index (χ2v) is 5.10. The second-order valence-electron chi connectivity index (χ2n) is 5.10. The van der Waals surface area contributed by atoms with Crippen LogP contribution in [-0.2, 0) is 11.2 Å². The molecule has 0 fully saturated rings. The third kappa shape index (κ3) is 6.64. The van der Waals surface area contributed by atoms with E-state index in [-0.39, 0.29) is 5.91 Å². The predicted molar refractivity (Wildman–Crippen MR) is 76.5 cm³/mol. The number of rotatable bonds is 4. The maximum absolute atomic E-state index is 11.9. The van der Waals surface area contributed by atoms with E-state index in [4.69, 9.17) is 0 Å². The van der Waals surface area contributed by atoms with Gasteiger partial charge in [0.15, 0.2) is 0 Å². The number of carbonyl (C=O) groups excluding carboxylic acids is 1. The van der Waals surface area contributed by atoms with Gasteiger partial charge in [0.1, 0.15) is 5.60 Å². The number of carbonyl (C=O) groups is 1. The minimum Gasteiger partial charge on any atom is -0.378 e. The van der Waals surface area contributed by atoms with Crippen molar-refractivity contribution >= 4 is 5.91 Å². The van der Waals surface area contributed by atoms with Crippen LogP contribution in [0.3, 0.4) is 0 Å². The molecule has 0 aromatic heterocycles. The SMILES string of the molecule is CN(CC#CC(C)(C)O)C(=O)CCc1ccccc1. The Balaban J connectivity index is 2.39. The highest BCUT2D eigenvalue weighted by Gasteiger charge is 2.09. The van der Waals surface area contributed by atoms with Gasteiger partial charge in [0.05, 0.1) is 6.54 Å². The number of nitrogens with zero attached hydrogens (tertiary/aromatic N) is 1. The first-order valence-electron chi connectivity index (χ1n) is 6.39. The average Bonchev–Trinajstić information content (AvgIpc) is 2.35. The molecule has 0 aliphatic heterocycles. The van der Waals surface area contributed by atoms with Crippen molar-refractivity contribution in [1.29, 1.82) is 0 Å². The monoisotopic (exact) mass is 259 g/mol. The molecule has 19 heavy (non-hydrogen) atoms. The molecule has 0 radical (unpaired) electrons. The van der Waals surface area contributed by atoms with Crippen molar-refractivity contribution in [2.75, 3.05) is 13.6 Å². The van der Waals surface area contributed by atoms with Gasteiger partial charge in [-0.15, -0.1) is 0 Å². The van der Waals surface area contributed by atoms with Gasteiger partial charge in [-0.2, -0.15) is 0 Å². The largest absolute Gasteiger partial charge is 0.378 e. The van der Waals surface area contributed by atoms with E-state index in [2.05, 4.69) is 11.8 Å². The number of amides is 1. The highest BCUT2D eigenvalue weighted by Crippen LogP contribution is 2.04. The van der Waals surface area contributed by atoms with Crippen LogP contribution in [0.5, 0.6) is 0 Å². The van der Waals surface area contributed by atoms with Crippen LogP contribution in [0.15, 0.2) is 30.3 Å². The van der Waals surface area contributed by atoms with E-state index in [1.165, 1.54) is 0 Å². The fourth-order valence-corrected chi connectivity index (χ4v) is 1.55. The lowest BCUT2D eigenvalue weighted by Crippen LogP contribution is -2.27. The van der Waals surface area contributed by atoms with E-state index in [1.54, 1.807) is 25.8 Å². The minimum atomic E-state index is -1.01. The maximum atomic E-state index is 11.9. The Kier molecular flexibility index (Phi) is 5.59. The zero-order valence-corrected chi connectivity index (χ0v) is 11.8. The van der Waals surface area contributed by atoms with Crippen molar-refractivity contribution in [3.05, 3.63) is 35.9 Å². The number of aryl methyl sites for hydroxylation is 1. The Labute approximate surface area is 115 Å². The summed E-state index contributed by atoms with van der Waals surface area (Å²) in [4.78, 5) is 13.5. The number of benzene rings is 1. The molecule has 0 aliphatic carbocycles. The minimum absolute atomic E-state index is 0.0638. The highest BCUT2D eigenvalue weighted by molar-refractivity contribution is 5.76. The van der Waals surface area contributed by atoms with Gasteiger partial charge in [-0.3, -0.25) is 4.79 Å². The Morgan fingerprint density at radius 1 is 1.32 bits per heavy atom. The van der Waals surface area contributed by atoms with Crippen LogP contribution >= 0.6 is 0 Å². The summed E-state index contributed by atoms with van der Waals surface area (Å²) < 4.78 is 0. The molecule has 0 atom stereocenters. The third-order valence-electron chi connectivity index (χ3n) is 2.61. The highest BCUT2D eigenvalue weighted by atomic mass is 16.3. The van der Waals surface area contributed by atoms with E-state index >= 15 is 0 Å². The van der Waals surface area contributed by atoms with Crippen LogP contribution < -0.4 is 0 Å². The molecule has 0 saturated carbocycles. The van der Waals surface area contributed by atoms with Crippen LogP contribution in [0.2, 0.25) is 0 Å². The van der Waals surface area contributed by atoms with Gasteiger partial charge in [-0.05, 0) is 25.8 Å². The Morgan fingerprint density at radius 2 is 1.95 bits per heavy atom. The van der Waals surface area contributed by atoms with Gasteiger partial charge in [0.25, 0.3) is 0 Å². The molecule has 3 nitrogen and oxygen atoms in total. The number of hydrogen-bond acceptors (Lipinski definition) is 2. The average molecular weight is 259 g/mol. The van der Waals surface area contributed by atoms with Crippen molar-refractivity contribution < 1.29 is 9.90 Å². The van der Waals surface area contributed by atoms with Crippen LogP contribution in [0.4, 0.5) is 0 Å². The molecule has 1 aromatic rings. The normalized spacial score (nSPS) is 10.5. The summed E-state index contributed by atoms with van der Waals surface area (Å²) >= 11 is 0. The molecule has 0 bridgehead atoms. The van der Waals surface area contributed by atoms with Crippen molar-refractivity contribution in [1.82, 2.24) is 4.90 Å². The zero-order chi connectivity index (χ0) is 14.3. The molecule has 0 saturated heterocycles. The molecule has 102 valence electrons. The third-order valence-corrected chi connectivity index (χ3v) is 2.61. The van der Waals surface area contributed by atoms with Gasteiger partial charge in [-0.1, -0.05) is 42.2 Å². The first kappa shape index (κ1) is 15.3. The number of aliphatic hydroxyl groups is 1. The van der Waals surface area contributed by atoms with Crippen molar-refractivity contribution in [2.45, 2.75) is 32.3 Å². The fourth-order valence-electron chi connectivity index (χ4n) is 1.55. The van der Waals surface area contributed by atoms with Crippen molar-refractivity contribution in [3.8, 4) is 11.8 Å². The smallest absolute Gasteiger partial charge is 0.223 e. The molecule has 0 heterocycles. The summed E-state index contributed by atoms with van der Waals surface area (Å²) in [6, 6.07) is 9.93. The standard InChI is InChI=1S/C16H21NO2/c1-16(2,19)12-7-13-17(3)15(18)11-10-14-8-5-4-6-9-14/h4-6,8-9,19H,10-11,13H2,1-3H3. The predicted octanol–water partition coefficient (Wildman–Crippen LogP) is 1.85. The van der Waals surface area contributed by atoms with Crippen molar-refractivity contribution in [3.63, 3.8) is 0 Å². The zero-order valence-electron chi connectivity index (χ0n) is 11.8. The van der Waals surface area contributed by atoms with Crippen LogP contribution in [0, 0.1) is 11.8 Å². The first-order valence-corrected chi connectivity index (χ1v) is 6.39. The summed E-state index contributed by atoms with van der Waals surface area (Å²) in [7, 11) is 1.73. The molecule has 1 amide bonds. The lowest BCUT2D eigenvalue weighted by molar-refractivity contribution is -0.129. The molecular formula is C16H21NO2. The summed E-state index contributed by atoms with van der Waals surface area (Å²) in [5.74, 6) is 5.57. The molecule has 0 aliphatic rings. The maximum Gasteiger partial charge on any atom is 0.223 e. The molecule has 1 aromatic carbocycles. The molecule has 0 spiro atoms. The molecule has 3 heteroatoms. The van der Waals surface area contributed by atoms with E-state index in [0.29, 0.717) is 13.0 Å². The van der Waals surface area contributed by atoms with Crippen LogP contribution in [0.1, 0.15) is 25.8 Å². The molecule has 0 unspecified atom stereocenters. The van der Waals surface area contributed by atoms with Gasteiger partial charge < -0.3 is 10.0 Å². The summed E-state index contributed by atoms with van der Waals surface area (Å²) in [6.07, 6.45) is 1.22. The summed E-state index contributed by atoms with van der Waals surface area (Å²) in [5, 5.41) is 9.44. The number of hydrogen-bond donors (Lipinski definition) is 1. The first-order chi connectivity index (χ1) is 8.88. The fraction of sp³-hybridized carbons (Fsp3) is 0.438. The van der Waals surface area contributed by atoms with Gasteiger partial charge in [-0.25, -0.2) is 0 Å². The summed E-state index contributed by atoms with van der Waals surface area (Å²) in [6.45, 7) is 3.59. The van der Waals surface area contributed by atoms with Gasteiger partial charge >= 0.3 is 0 Å². The lowest BCUT2D eigenvalue weighted by atomic mass is 10.1. The quantitative estimate of drug-likeness (QED) is 0.838. The van der Waals surface area contributed by atoms with E-state index < -0.39 is 5.60 Å². The van der Waals surface area contributed by atoms with E-state index in [9.17, 15) is 9.90 Å². The summed E-state index contributed by atoms with van der Waals surface area (Å²) in [5.41, 5.74) is 0.153. The van der Waals surface area contributed by atoms with Crippen LogP contribution in [0.25, 0.3) is 0 Å². The molecule has 1 N–H and O–H groups in total. The van der Waals surface area contributed by atoms with Crippen LogP contribution in [-0.4, -0.2) is 35.1 Å². The van der Waals surface area contributed by atoms with Crippen molar-refractivity contribution in [2.24, 2.45) is 0 Å².